The smallest absolute Gasteiger partial charge is 0.0452 e. The van der Waals surface area contributed by atoms with Gasteiger partial charge >= 0.3 is 0 Å². The monoisotopic (exact) mass is 231 g/mol. The first-order valence-corrected chi connectivity index (χ1v) is 5.50. The van der Waals surface area contributed by atoms with Crippen LogP contribution in [-0.2, 0) is 6.42 Å². The van der Waals surface area contributed by atoms with E-state index >= 15 is 0 Å². The summed E-state index contributed by atoms with van der Waals surface area (Å²) in [5, 5.41) is 4.66. The summed E-state index contributed by atoms with van der Waals surface area (Å²) in [5.41, 5.74) is 1.16. The van der Waals surface area contributed by atoms with Crippen LogP contribution < -0.4 is 5.32 Å². The lowest BCUT2D eigenvalue weighted by molar-refractivity contribution is 0.565. The van der Waals surface area contributed by atoms with Gasteiger partial charge in [-0.3, -0.25) is 0 Å². The van der Waals surface area contributed by atoms with Crippen LogP contribution in [0.2, 0.25) is 10.0 Å². The van der Waals surface area contributed by atoms with Crippen LogP contribution in [0.25, 0.3) is 0 Å². The predicted octanol–water partition coefficient (Wildman–Crippen LogP) is 3.53. The van der Waals surface area contributed by atoms with Crippen molar-refractivity contribution in [3.05, 3.63) is 33.8 Å². The molecule has 0 saturated carbocycles. The second kappa shape index (κ2) is 5.59. The first-order valence-electron chi connectivity index (χ1n) is 4.74. The van der Waals surface area contributed by atoms with Gasteiger partial charge in [0.05, 0.1) is 0 Å². The highest BCUT2D eigenvalue weighted by atomic mass is 35.5. The Balaban J connectivity index is 2.59. The zero-order chi connectivity index (χ0) is 10.6. The highest BCUT2D eigenvalue weighted by Crippen LogP contribution is 2.22. The average Bonchev–Trinajstić information content (AvgIpc) is 2.16. The van der Waals surface area contributed by atoms with E-state index in [1.807, 2.05) is 19.2 Å². The Bertz CT molecular complexity index is 299. The molecule has 0 aliphatic heterocycles. The predicted molar refractivity (Wildman–Crippen MR) is 63.3 cm³/mol. The summed E-state index contributed by atoms with van der Waals surface area (Å²) < 4.78 is 0. The Labute approximate surface area is 95.4 Å². The Kier molecular flexibility index (Phi) is 4.73. The van der Waals surface area contributed by atoms with Gasteiger partial charge in [-0.2, -0.15) is 0 Å². The quantitative estimate of drug-likeness (QED) is 0.837. The third-order valence-electron chi connectivity index (χ3n) is 2.35. The largest absolute Gasteiger partial charge is 0.317 e. The number of rotatable bonds is 4. The molecule has 14 heavy (non-hydrogen) atoms. The first kappa shape index (κ1) is 11.8. The zero-order valence-corrected chi connectivity index (χ0v) is 9.99. The Morgan fingerprint density at radius 1 is 1.36 bits per heavy atom. The van der Waals surface area contributed by atoms with E-state index in [2.05, 4.69) is 12.2 Å². The standard InChI is InChI=1S/C11H15Cl2N/c1-8(14-2)3-4-9-5-6-10(12)7-11(9)13/h5-8,14H,3-4H2,1-2H3/t8-/m0/s1. The van der Waals surface area contributed by atoms with E-state index in [0.717, 1.165) is 23.4 Å². The van der Waals surface area contributed by atoms with E-state index in [1.54, 1.807) is 6.07 Å². The van der Waals surface area contributed by atoms with Crippen molar-refractivity contribution in [1.29, 1.82) is 0 Å². The average molecular weight is 232 g/mol. The molecule has 0 saturated heterocycles. The van der Waals surface area contributed by atoms with Crippen LogP contribution in [0, 0.1) is 0 Å². The van der Waals surface area contributed by atoms with Gasteiger partial charge in [-0.25, -0.2) is 0 Å². The van der Waals surface area contributed by atoms with Crippen LogP contribution in [0.15, 0.2) is 18.2 Å². The molecule has 1 atom stereocenters. The molecule has 0 aliphatic carbocycles. The maximum Gasteiger partial charge on any atom is 0.0452 e. The van der Waals surface area contributed by atoms with Gasteiger partial charge in [0.15, 0.2) is 0 Å². The van der Waals surface area contributed by atoms with Crippen LogP contribution in [0.1, 0.15) is 18.9 Å². The van der Waals surface area contributed by atoms with Gasteiger partial charge in [-0.15, -0.1) is 0 Å². The van der Waals surface area contributed by atoms with Crippen molar-refractivity contribution in [3.63, 3.8) is 0 Å². The topological polar surface area (TPSA) is 12.0 Å². The van der Waals surface area contributed by atoms with E-state index in [-0.39, 0.29) is 0 Å². The number of aryl methyl sites for hydroxylation is 1. The SMILES string of the molecule is CN[C@@H](C)CCc1ccc(Cl)cc1Cl. The van der Waals surface area contributed by atoms with E-state index in [9.17, 15) is 0 Å². The minimum Gasteiger partial charge on any atom is -0.317 e. The maximum absolute atomic E-state index is 6.05. The molecule has 0 heterocycles. The van der Waals surface area contributed by atoms with Crippen LogP contribution in [0.4, 0.5) is 0 Å². The van der Waals surface area contributed by atoms with Gasteiger partial charge in [0.2, 0.25) is 0 Å². The van der Waals surface area contributed by atoms with E-state index in [0.29, 0.717) is 11.1 Å². The number of benzene rings is 1. The van der Waals surface area contributed by atoms with Gasteiger partial charge in [-0.05, 0) is 44.5 Å². The van der Waals surface area contributed by atoms with Gasteiger partial charge in [0, 0.05) is 16.1 Å². The summed E-state index contributed by atoms with van der Waals surface area (Å²) in [4.78, 5) is 0. The van der Waals surface area contributed by atoms with Crippen molar-refractivity contribution < 1.29 is 0 Å². The molecular formula is C11H15Cl2N. The fraction of sp³-hybridized carbons (Fsp3) is 0.455. The number of nitrogens with one attached hydrogen (secondary N) is 1. The molecule has 0 fully saturated rings. The number of halogens is 2. The third-order valence-corrected chi connectivity index (χ3v) is 2.94. The normalized spacial score (nSPS) is 12.9. The Hall–Kier alpha value is -0.240. The summed E-state index contributed by atoms with van der Waals surface area (Å²) in [6, 6.07) is 6.18. The maximum atomic E-state index is 6.05. The molecule has 0 amide bonds. The lowest BCUT2D eigenvalue weighted by Crippen LogP contribution is -2.21. The molecule has 1 aromatic rings. The molecule has 1 N–H and O–H groups in total. The second-order valence-electron chi connectivity index (χ2n) is 3.46. The highest BCUT2D eigenvalue weighted by molar-refractivity contribution is 6.35. The molecular weight excluding hydrogens is 217 g/mol. The van der Waals surface area contributed by atoms with E-state index in [1.165, 1.54) is 0 Å². The van der Waals surface area contributed by atoms with Gasteiger partial charge < -0.3 is 5.32 Å². The van der Waals surface area contributed by atoms with Crippen molar-refractivity contribution in [1.82, 2.24) is 5.32 Å². The van der Waals surface area contributed by atoms with Crippen molar-refractivity contribution in [2.24, 2.45) is 0 Å². The van der Waals surface area contributed by atoms with Gasteiger partial charge in [0.1, 0.15) is 0 Å². The van der Waals surface area contributed by atoms with Crippen molar-refractivity contribution in [3.8, 4) is 0 Å². The van der Waals surface area contributed by atoms with Crippen LogP contribution in [-0.4, -0.2) is 13.1 Å². The van der Waals surface area contributed by atoms with Crippen molar-refractivity contribution in [2.75, 3.05) is 7.05 Å². The van der Waals surface area contributed by atoms with Crippen LogP contribution >= 0.6 is 23.2 Å². The van der Waals surface area contributed by atoms with Gasteiger partial charge in [-0.1, -0.05) is 29.3 Å². The minimum absolute atomic E-state index is 0.516. The summed E-state index contributed by atoms with van der Waals surface area (Å²) >= 11 is 11.9. The fourth-order valence-corrected chi connectivity index (χ4v) is 1.74. The summed E-state index contributed by atoms with van der Waals surface area (Å²) in [6.45, 7) is 2.16. The summed E-state index contributed by atoms with van der Waals surface area (Å²) in [6.07, 6.45) is 2.07. The minimum atomic E-state index is 0.516. The first-order chi connectivity index (χ1) is 6.63. The molecule has 0 spiro atoms. The molecule has 0 radical (unpaired) electrons. The lowest BCUT2D eigenvalue weighted by atomic mass is 10.1. The zero-order valence-electron chi connectivity index (χ0n) is 8.48. The van der Waals surface area contributed by atoms with Gasteiger partial charge in [0.25, 0.3) is 0 Å². The molecule has 1 aromatic carbocycles. The Morgan fingerprint density at radius 2 is 2.07 bits per heavy atom. The molecule has 1 nitrogen and oxygen atoms in total. The van der Waals surface area contributed by atoms with Crippen molar-refractivity contribution >= 4 is 23.2 Å². The van der Waals surface area contributed by atoms with E-state index < -0.39 is 0 Å². The Morgan fingerprint density at radius 3 is 2.64 bits per heavy atom. The summed E-state index contributed by atoms with van der Waals surface area (Å²) in [5.74, 6) is 0. The number of hydrogen-bond acceptors (Lipinski definition) is 1. The van der Waals surface area contributed by atoms with E-state index in [4.69, 9.17) is 23.2 Å². The molecule has 3 heteroatoms. The number of hydrogen-bond donors (Lipinski definition) is 1. The molecule has 1 rings (SSSR count). The fourth-order valence-electron chi connectivity index (χ4n) is 1.24. The lowest BCUT2D eigenvalue weighted by Gasteiger charge is -2.10. The van der Waals surface area contributed by atoms with Crippen LogP contribution in [0.3, 0.4) is 0 Å². The second-order valence-corrected chi connectivity index (χ2v) is 4.31. The third kappa shape index (κ3) is 3.49. The van der Waals surface area contributed by atoms with Crippen molar-refractivity contribution in [2.45, 2.75) is 25.8 Å². The molecule has 0 unspecified atom stereocenters. The highest BCUT2D eigenvalue weighted by Gasteiger charge is 2.03. The van der Waals surface area contributed by atoms with Crippen LogP contribution in [0.5, 0.6) is 0 Å². The molecule has 0 aliphatic rings. The molecule has 78 valence electrons. The summed E-state index contributed by atoms with van der Waals surface area (Å²) in [7, 11) is 1.97. The molecule has 0 aromatic heterocycles. The molecule has 0 bridgehead atoms.